The number of nitrogens with zero attached hydrogens (tertiary/aromatic N) is 3. The van der Waals surface area contributed by atoms with Gasteiger partial charge in [-0.25, -0.2) is 0 Å². The zero-order valence-corrected chi connectivity index (χ0v) is 17.3. The molecule has 2 aromatic carbocycles. The van der Waals surface area contributed by atoms with Crippen LogP contribution in [0.4, 0.5) is 11.4 Å². The summed E-state index contributed by atoms with van der Waals surface area (Å²) in [7, 11) is 0. The van der Waals surface area contributed by atoms with E-state index in [0.717, 1.165) is 70.4 Å². The summed E-state index contributed by atoms with van der Waals surface area (Å²) in [6, 6.07) is 15.5. The number of benzene rings is 2. The molecule has 0 spiro atoms. The van der Waals surface area contributed by atoms with Crippen LogP contribution >= 0.6 is 0 Å². The van der Waals surface area contributed by atoms with Crippen molar-refractivity contribution >= 4 is 17.3 Å². The number of hydrogen-bond donors (Lipinski definition) is 2. The van der Waals surface area contributed by atoms with Gasteiger partial charge in [0.1, 0.15) is 5.75 Å². The van der Waals surface area contributed by atoms with Crippen molar-refractivity contribution in [2.45, 2.75) is 6.54 Å². The molecule has 0 atom stereocenters. The van der Waals surface area contributed by atoms with Crippen molar-refractivity contribution in [3.63, 3.8) is 0 Å². The number of nitrogens with one attached hydrogen (secondary N) is 1. The third-order valence-electron chi connectivity index (χ3n) is 5.71. The summed E-state index contributed by atoms with van der Waals surface area (Å²) in [5, 5.41) is 13.0. The van der Waals surface area contributed by atoms with Crippen molar-refractivity contribution < 1.29 is 14.6 Å². The number of amides is 1. The predicted octanol–water partition coefficient (Wildman–Crippen LogP) is 1.99. The molecule has 7 heteroatoms. The number of hydrogen-bond acceptors (Lipinski definition) is 6. The second kappa shape index (κ2) is 9.93. The SMILES string of the molecule is O=C(CN1CCN(c2ccccc2O)CC1)Nc1ccc(CN2CCOCC2)cc1. The summed E-state index contributed by atoms with van der Waals surface area (Å²) in [4.78, 5) is 19.2. The van der Waals surface area contributed by atoms with E-state index in [1.165, 1.54) is 5.56 Å². The van der Waals surface area contributed by atoms with Crippen molar-refractivity contribution in [3.05, 3.63) is 54.1 Å². The molecule has 4 rings (SSSR count). The van der Waals surface area contributed by atoms with Crippen molar-refractivity contribution in [1.29, 1.82) is 0 Å². The third kappa shape index (κ3) is 5.50. The Labute approximate surface area is 177 Å². The molecule has 2 aliphatic rings. The highest BCUT2D eigenvalue weighted by atomic mass is 16.5. The number of morpholine rings is 1. The summed E-state index contributed by atoms with van der Waals surface area (Å²) in [6.45, 7) is 8.00. The van der Waals surface area contributed by atoms with Crippen LogP contribution < -0.4 is 10.2 Å². The maximum atomic E-state index is 12.5. The van der Waals surface area contributed by atoms with Gasteiger partial charge in [0.15, 0.2) is 0 Å². The first-order valence-corrected chi connectivity index (χ1v) is 10.6. The van der Waals surface area contributed by atoms with Gasteiger partial charge in [-0.05, 0) is 29.8 Å². The predicted molar refractivity (Wildman–Crippen MR) is 118 cm³/mol. The average Bonchev–Trinajstić information content (AvgIpc) is 2.77. The molecule has 0 radical (unpaired) electrons. The molecule has 1 amide bonds. The normalized spacial score (nSPS) is 18.3. The highest BCUT2D eigenvalue weighted by Crippen LogP contribution is 2.27. The van der Waals surface area contributed by atoms with Crippen LogP contribution in [0, 0.1) is 0 Å². The summed E-state index contributed by atoms with van der Waals surface area (Å²) < 4.78 is 5.39. The second-order valence-corrected chi connectivity index (χ2v) is 7.89. The van der Waals surface area contributed by atoms with E-state index in [2.05, 4.69) is 32.1 Å². The molecule has 0 aromatic heterocycles. The van der Waals surface area contributed by atoms with Crippen LogP contribution in [0.3, 0.4) is 0 Å². The van der Waals surface area contributed by atoms with E-state index in [0.29, 0.717) is 12.3 Å². The molecular formula is C23H30N4O3. The van der Waals surface area contributed by atoms with E-state index in [1.807, 2.05) is 30.3 Å². The number of phenols is 1. The fourth-order valence-electron chi connectivity index (χ4n) is 3.99. The Balaban J connectivity index is 1.22. The van der Waals surface area contributed by atoms with Gasteiger partial charge in [-0.2, -0.15) is 0 Å². The molecule has 160 valence electrons. The lowest BCUT2D eigenvalue weighted by Crippen LogP contribution is -2.48. The molecule has 2 aliphatic heterocycles. The van der Waals surface area contributed by atoms with Gasteiger partial charge in [0, 0.05) is 51.5 Å². The summed E-state index contributed by atoms with van der Waals surface area (Å²) >= 11 is 0. The minimum Gasteiger partial charge on any atom is -0.506 e. The zero-order valence-electron chi connectivity index (χ0n) is 17.3. The summed E-state index contributed by atoms with van der Waals surface area (Å²) in [5.41, 5.74) is 2.94. The smallest absolute Gasteiger partial charge is 0.238 e. The van der Waals surface area contributed by atoms with E-state index in [9.17, 15) is 9.90 Å². The van der Waals surface area contributed by atoms with Crippen molar-refractivity contribution in [2.75, 3.05) is 69.2 Å². The Hall–Kier alpha value is -2.61. The van der Waals surface area contributed by atoms with Gasteiger partial charge < -0.3 is 20.1 Å². The molecule has 2 saturated heterocycles. The Bertz CT molecular complexity index is 829. The first kappa shape index (κ1) is 20.7. The summed E-state index contributed by atoms with van der Waals surface area (Å²) in [6.07, 6.45) is 0. The quantitative estimate of drug-likeness (QED) is 0.759. The van der Waals surface area contributed by atoms with Crippen LogP contribution in [0.25, 0.3) is 0 Å². The van der Waals surface area contributed by atoms with Crippen LogP contribution in [-0.4, -0.2) is 79.8 Å². The van der Waals surface area contributed by atoms with Gasteiger partial charge >= 0.3 is 0 Å². The number of anilines is 2. The second-order valence-electron chi connectivity index (χ2n) is 7.89. The molecule has 2 N–H and O–H groups in total. The third-order valence-corrected chi connectivity index (χ3v) is 5.71. The molecule has 2 heterocycles. The molecule has 0 unspecified atom stereocenters. The van der Waals surface area contributed by atoms with Crippen LogP contribution in [0.5, 0.6) is 5.75 Å². The molecule has 2 fully saturated rings. The van der Waals surface area contributed by atoms with E-state index in [1.54, 1.807) is 6.07 Å². The number of carbonyl (C=O) groups is 1. The number of carbonyl (C=O) groups excluding carboxylic acids is 1. The molecule has 30 heavy (non-hydrogen) atoms. The number of ether oxygens (including phenoxy) is 1. The monoisotopic (exact) mass is 410 g/mol. The lowest BCUT2D eigenvalue weighted by Gasteiger charge is -2.35. The lowest BCUT2D eigenvalue weighted by molar-refractivity contribution is -0.117. The summed E-state index contributed by atoms with van der Waals surface area (Å²) in [5.74, 6) is 0.313. The van der Waals surface area contributed by atoms with Crippen molar-refractivity contribution in [3.8, 4) is 5.75 Å². The van der Waals surface area contributed by atoms with Crippen molar-refractivity contribution in [1.82, 2.24) is 9.80 Å². The van der Waals surface area contributed by atoms with Crippen LogP contribution in [0.15, 0.2) is 48.5 Å². The molecule has 2 aromatic rings. The van der Waals surface area contributed by atoms with Crippen LogP contribution in [-0.2, 0) is 16.1 Å². The Morgan fingerprint density at radius 1 is 0.900 bits per heavy atom. The fraction of sp³-hybridized carbons (Fsp3) is 0.435. The zero-order chi connectivity index (χ0) is 20.8. The molecular weight excluding hydrogens is 380 g/mol. The number of phenolic OH excluding ortho intramolecular Hbond substituents is 1. The molecule has 7 nitrogen and oxygen atoms in total. The van der Waals surface area contributed by atoms with E-state index in [4.69, 9.17) is 4.74 Å². The topological polar surface area (TPSA) is 68.3 Å². The van der Waals surface area contributed by atoms with Gasteiger partial charge in [0.2, 0.25) is 5.91 Å². The first-order chi connectivity index (χ1) is 14.7. The fourth-order valence-corrected chi connectivity index (χ4v) is 3.99. The van der Waals surface area contributed by atoms with Gasteiger partial charge in [-0.1, -0.05) is 24.3 Å². The van der Waals surface area contributed by atoms with E-state index in [-0.39, 0.29) is 5.91 Å². The highest BCUT2D eigenvalue weighted by Gasteiger charge is 2.20. The molecule has 0 bridgehead atoms. The number of rotatable bonds is 6. The highest BCUT2D eigenvalue weighted by molar-refractivity contribution is 5.92. The van der Waals surface area contributed by atoms with Crippen LogP contribution in [0.2, 0.25) is 0 Å². The molecule has 0 saturated carbocycles. The van der Waals surface area contributed by atoms with Gasteiger partial charge in [-0.15, -0.1) is 0 Å². The maximum absolute atomic E-state index is 12.5. The number of aromatic hydroxyl groups is 1. The van der Waals surface area contributed by atoms with Gasteiger partial charge in [0.25, 0.3) is 0 Å². The minimum atomic E-state index is 0.00642. The maximum Gasteiger partial charge on any atom is 0.238 e. The largest absolute Gasteiger partial charge is 0.506 e. The van der Waals surface area contributed by atoms with Gasteiger partial charge in [-0.3, -0.25) is 14.6 Å². The minimum absolute atomic E-state index is 0.00642. The Kier molecular flexibility index (Phi) is 6.84. The van der Waals surface area contributed by atoms with Crippen molar-refractivity contribution in [2.24, 2.45) is 0 Å². The average molecular weight is 411 g/mol. The first-order valence-electron chi connectivity index (χ1n) is 10.6. The Morgan fingerprint density at radius 2 is 1.60 bits per heavy atom. The number of piperazine rings is 1. The lowest BCUT2D eigenvalue weighted by atomic mass is 10.2. The van der Waals surface area contributed by atoms with Crippen LogP contribution in [0.1, 0.15) is 5.56 Å². The molecule has 0 aliphatic carbocycles. The standard InChI is InChI=1S/C23H30N4O3/c28-22-4-2-1-3-21(22)27-11-9-25(10-12-27)18-23(29)24-20-7-5-19(6-8-20)17-26-13-15-30-16-14-26/h1-8,28H,9-18H2,(H,24,29). The van der Waals surface area contributed by atoms with E-state index < -0.39 is 0 Å². The Morgan fingerprint density at radius 3 is 2.30 bits per heavy atom. The number of para-hydroxylation sites is 2. The van der Waals surface area contributed by atoms with E-state index >= 15 is 0 Å². The van der Waals surface area contributed by atoms with Gasteiger partial charge in [0.05, 0.1) is 25.4 Å².